The molecule has 1 aliphatic rings. The fraction of sp³-hybridized carbons (Fsp3) is 0.600. The maximum atomic E-state index is 13.0. The molecule has 2 N–H and O–H groups in total. The lowest BCUT2D eigenvalue weighted by Gasteiger charge is -2.27. The highest BCUT2D eigenvalue weighted by molar-refractivity contribution is 9.10. The zero-order valence-corrected chi connectivity index (χ0v) is 15.2. The van der Waals surface area contributed by atoms with Gasteiger partial charge in [0.2, 0.25) is 10.0 Å². The predicted molar refractivity (Wildman–Crippen MR) is 88.5 cm³/mol. The molecule has 0 heterocycles. The second-order valence-electron chi connectivity index (χ2n) is 6.02. The molecule has 1 aromatic rings. The van der Waals surface area contributed by atoms with E-state index in [9.17, 15) is 8.42 Å². The minimum atomic E-state index is -3.49. The Balaban J connectivity index is 2.48. The Bertz CT molecular complexity index is 625. The van der Waals surface area contributed by atoms with Crippen LogP contribution in [0.25, 0.3) is 0 Å². The molecule has 6 heteroatoms. The van der Waals surface area contributed by atoms with Crippen LogP contribution >= 0.6 is 15.9 Å². The molecule has 21 heavy (non-hydrogen) atoms. The Labute approximate surface area is 135 Å². The van der Waals surface area contributed by atoms with Crippen molar-refractivity contribution in [3.63, 3.8) is 0 Å². The van der Waals surface area contributed by atoms with Crippen molar-refractivity contribution in [2.75, 3.05) is 6.54 Å². The maximum Gasteiger partial charge on any atom is 0.243 e. The van der Waals surface area contributed by atoms with E-state index in [0.29, 0.717) is 23.9 Å². The van der Waals surface area contributed by atoms with Crippen molar-refractivity contribution >= 4 is 26.0 Å². The summed E-state index contributed by atoms with van der Waals surface area (Å²) < 4.78 is 28.5. The average Bonchev–Trinajstić information content (AvgIpc) is 3.22. The average molecular weight is 375 g/mol. The van der Waals surface area contributed by atoms with Gasteiger partial charge in [-0.25, -0.2) is 8.42 Å². The number of benzene rings is 1. The van der Waals surface area contributed by atoms with E-state index in [1.165, 1.54) is 0 Å². The fourth-order valence-corrected chi connectivity index (χ4v) is 5.01. The first-order chi connectivity index (χ1) is 9.77. The molecule has 0 spiro atoms. The summed E-state index contributed by atoms with van der Waals surface area (Å²) in [5.74, 6) is 0.517. The molecule has 118 valence electrons. The van der Waals surface area contributed by atoms with E-state index in [4.69, 9.17) is 5.73 Å². The topological polar surface area (TPSA) is 63.4 Å². The number of hydrogen-bond donors (Lipinski definition) is 1. The van der Waals surface area contributed by atoms with Crippen LogP contribution < -0.4 is 5.73 Å². The van der Waals surface area contributed by atoms with Crippen molar-refractivity contribution in [1.29, 1.82) is 0 Å². The van der Waals surface area contributed by atoms with Gasteiger partial charge in [-0.15, -0.1) is 0 Å². The minimum Gasteiger partial charge on any atom is -0.326 e. The van der Waals surface area contributed by atoms with Gasteiger partial charge in [-0.2, -0.15) is 4.31 Å². The lowest BCUT2D eigenvalue weighted by Crippen LogP contribution is -2.38. The highest BCUT2D eigenvalue weighted by atomic mass is 79.9. The third-order valence-electron chi connectivity index (χ3n) is 3.89. The van der Waals surface area contributed by atoms with Gasteiger partial charge in [0, 0.05) is 23.6 Å². The highest BCUT2D eigenvalue weighted by Crippen LogP contribution is 2.34. The van der Waals surface area contributed by atoms with Gasteiger partial charge in [0.1, 0.15) is 0 Å². The fourth-order valence-electron chi connectivity index (χ4n) is 2.36. The Hall–Kier alpha value is -0.430. The van der Waals surface area contributed by atoms with Crippen LogP contribution in [0, 0.1) is 12.8 Å². The second-order valence-corrected chi connectivity index (χ2v) is 8.73. The van der Waals surface area contributed by atoms with Crippen molar-refractivity contribution < 1.29 is 8.42 Å². The quantitative estimate of drug-likeness (QED) is 0.831. The molecule has 1 aliphatic carbocycles. The number of halogens is 1. The lowest BCUT2D eigenvalue weighted by atomic mass is 10.1. The number of hydrogen-bond acceptors (Lipinski definition) is 3. The van der Waals surface area contributed by atoms with Crippen molar-refractivity contribution in [2.24, 2.45) is 11.7 Å². The van der Waals surface area contributed by atoms with E-state index < -0.39 is 10.0 Å². The van der Waals surface area contributed by atoms with Crippen LogP contribution in [0.15, 0.2) is 21.5 Å². The number of nitrogens with zero attached hydrogens (tertiary/aromatic N) is 1. The summed E-state index contributed by atoms with van der Waals surface area (Å²) in [7, 11) is -3.49. The Morgan fingerprint density at radius 1 is 1.38 bits per heavy atom. The van der Waals surface area contributed by atoms with Crippen LogP contribution in [0.4, 0.5) is 0 Å². The van der Waals surface area contributed by atoms with Crippen LogP contribution in [0.2, 0.25) is 0 Å². The molecule has 0 atom stereocenters. The largest absolute Gasteiger partial charge is 0.326 e. The number of nitrogens with two attached hydrogens (primary N) is 1. The second kappa shape index (κ2) is 6.36. The van der Waals surface area contributed by atoms with Crippen molar-refractivity contribution in [3.05, 3.63) is 27.7 Å². The Morgan fingerprint density at radius 2 is 2.00 bits per heavy atom. The van der Waals surface area contributed by atoms with Gasteiger partial charge in [-0.05, 0) is 62.8 Å². The molecule has 0 unspecified atom stereocenters. The van der Waals surface area contributed by atoms with Gasteiger partial charge >= 0.3 is 0 Å². The summed E-state index contributed by atoms with van der Waals surface area (Å²) in [6, 6.07) is 3.54. The summed E-state index contributed by atoms with van der Waals surface area (Å²) in [4.78, 5) is 0.367. The molecule has 1 fully saturated rings. The van der Waals surface area contributed by atoms with E-state index in [1.807, 2.05) is 26.8 Å². The summed E-state index contributed by atoms with van der Waals surface area (Å²) in [5, 5.41) is 0. The van der Waals surface area contributed by atoms with Crippen molar-refractivity contribution in [2.45, 2.75) is 51.1 Å². The van der Waals surface area contributed by atoms with Crippen LogP contribution in [0.1, 0.15) is 37.8 Å². The van der Waals surface area contributed by atoms with E-state index in [0.717, 1.165) is 28.4 Å². The molecular weight excluding hydrogens is 352 g/mol. The van der Waals surface area contributed by atoms with Gasteiger partial charge in [0.15, 0.2) is 0 Å². The van der Waals surface area contributed by atoms with Crippen LogP contribution in [-0.2, 0) is 16.6 Å². The number of sulfonamides is 1. The SMILES string of the molecule is Cc1c(Br)cc(CN)cc1S(=O)(=O)N(CC1CC1)C(C)C. The third-order valence-corrected chi connectivity index (χ3v) is 6.88. The first kappa shape index (κ1) is 16.9. The van der Waals surface area contributed by atoms with Gasteiger partial charge < -0.3 is 5.73 Å². The minimum absolute atomic E-state index is 0.0460. The monoisotopic (exact) mass is 374 g/mol. The van der Waals surface area contributed by atoms with Crippen molar-refractivity contribution in [3.8, 4) is 0 Å². The molecule has 0 aliphatic heterocycles. The van der Waals surface area contributed by atoms with E-state index in [2.05, 4.69) is 15.9 Å². The molecule has 0 radical (unpaired) electrons. The molecular formula is C15H23BrN2O2S. The van der Waals surface area contributed by atoms with Gasteiger partial charge in [0.25, 0.3) is 0 Å². The van der Waals surface area contributed by atoms with Gasteiger partial charge in [-0.3, -0.25) is 0 Å². The first-order valence-electron chi connectivity index (χ1n) is 7.28. The smallest absolute Gasteiger partial charge is 0.243 e. The lowest BCUT2D eigenvalue weighted by molar-refractivity contribution is 0.341. The summed E-state index contributed by atoms with van der Waals surface area (Å²) in [5.41, 5.74) is 7.24. The first-order valence-corrected chi connectivity index (χ1v) is 9.51. The molecule has 4 nitrogen and oxygen atoms in total. The maximum absolute atomic E-state index is 13.0. The molecule has 0 amide bonds. The normalized spacial score (nSPS) is 16.0. The molecule has 0 bridgehead atoms. The number of rotatable bonds is 6. The summed E-state index contributed by atoms with van der Waals surface area (Å²) >= 11 is 3.44. The van der Waals surface area contributed by atoms with Crippen molar-refractivity contribution in [1.82, 2.24) is 4.31 Å². The summed E-state index contributed by atoms with van der Waals surface area (Å²) in [6.45, 7) is 6.62. The van der Waals surface area contributed by atoms with Gasteiger partial charge in [-0.1, -0.05) is 15.9 Å². The zero-order chi connectivity index (χ0) is 15.8. The van der Waals surface area contributed by atoms with Gasteiger partial charge in [0.05, 0.1) is 4.90 Å². The van der Waals surface area contributed by atoms with Crippen LogP contribution in [0.3, 0.4) is 0 Å². The standard InChI is InChI=1S/C15H23BrN2O2S/c1-10(2)18(9-12-4-5-12)21(19,20)15-7-13(8-17)6-14(16)11(15)3/h6-7,10,12H,4-5,8-9,17H2,1-3H3. The predicted octanol–water partition coefficient (Wildman–Crippen LogP) is 3.03. The molecule has 2 rings (SSSR count). The zero-order valence-electron chi connectivity index (χ0n) is 12.8. The molecule has 1 aromatic carbocycles. The molecule has 0 saturated heterocycles. The molecule has 0 aromatic heterocycles. The van der Waals surface area contributed by atoms with Crippen LogP contribution in [-0.4, -0.2) is 25.3 Å². The third kappa shape index (κ3) is 3.67. The Morgan fingerprint density at radius 3 is 2.48 bits per heavy atom. The molecule has 1 saturated carbocycles. The van der Waals surface area contributed by atoms with Crippen LogP contribution in [0.5, 0.6) is 0 Å². The Kier molecular flexibility index (Phi) is 5.13. The van der Waals surface area contributed by atoms with E-state index >= 15 is 0 Å². The van der Waals surface area contributed by atoms with E-state index in [-0.39, 0.29) is 6.04 Å². The summed E-state index contributed by atoms with van der Waals surface area (Å²) in [6.07, 6.45) is 2.26. The highest BCUT2D eigenvalue weighted by Gasteiger charge is 2.34. The van der Waals surface area contributed by atoms with E-state index in [1.54, 1.807) is 10.4 Å².